The van der Waals surface area contributed by atoms with Crippen molar-refractivity contribution in [2.75, 3.05) is 5.32 Å². The van der Waals surface area contributed by atoms with Crippen molar-refractivity contribution >= 4 is 11.9 Å². The summed E-state index contributed by atoms with van der Waals surface area (Å²) >= 11 is 0. The number of anilines is 1. The fourth-order valence-corrected chi connectivity index (χ4v) is 0.820. The normalized spacial score (nSPS) is 9.83. The van der Waals surface area contributed by atoms with Gasteiger partial charge in [0.15, 0.2) is 0 Å². The minimum atomic E-state index is -0.0562. The summed E-state index contributed by atoms with van der Waals surface area (Å²) in [5, 5.41) is 2.55. The Morgan fingerprint density at radius 3 is 3.00 bits per heavy atom. The number of aryl methyl sites for hydroxylation is 1. The average Bonchev–Trinajstić information content (AvgIpc) is 2.36. The molecule has 0 bridgehead atoms. The van der Waals surface area contributed by atoms with E-state index in [4.69, 9.17) is 4.42 Å². The molecule has 12 heavy (non-hydrogen) atoms. The van der Waals surface area contributed by atoms with Gasteiger partial charge in [-0.05, 0) is 13.3 Å². The molecule has 0 spiro atoms. The van der Waals surface area contributed by atoms with E-state index < -0.39 is 0 Å². The summed E-state index contributed by atoms with van der Waals surface area (Å²) in [6, 6.07) is 0.283. The Morgan fingerprint density at radius 2 is 2.50 bits per heavy atom. The Labute approximate surface area is 71.0 Å². The van der Waals surface area contributed by atoms with Gasteiger partial charge in [-0.3, -0.25) is 10.1 Å². The molecule has 1 aromatic rings. The van der Waals surface area contributed by atoms with Crippen molar-refractivity contribution < 1.29 is 9.21 Å². The molecule has 4 heteroatoms. The molecule has 0 aromatic carbocycles. The van der Waals surface area contributed by atoms with Gasteiger partial charge in [-0.2, -0.15) is 4.98 Å². The zero-order chi connectivity index (χ0) is 8.97. The van der Waals surface area contributed by atoms with E-state index >= 15 is 0 Å². The van der Waals surface area contributed by atoms with E-state index in [1.165, 1.54) is 6.26 Å². The highest BCUT2D eigenvalue weighted by Crippen LogP contribution is 2.06. The molecule has 0 radical (unpaired) electrons. The van der Waals surface area contributed by atoms with Gasteiger partial charge in [0.25, 0.3) is 0 Å². The van der Waals surface area contributed by atoms with E-state index in [2.05, 4.69) is 10.3 Å². The molecular formula is C8H12N2O2. The van der Waals surface area contributed by atoms with Gasteiger partial charge in [-0.15, -0.1) is 0 Å². The SMILES string of the molecule is CCCC(=O)Nc1nc(C)co1. The van der Waals surface area contributed by atoms with Crippen LogP contribution in [0.5, 0.6) is 0 Å². The second-order valence-corrected chi connectivity index (χ2v) is 2.59. The summed E-state index contributed by atoms with van der Waals surface area (Å²) in [6.45, 7) is 3.75. The Balaban J connectivity index is 2.46. The second-order valence-electron chi connectivity index (χ2n) is 2.59. The monoisotopic (exact) mass is 168 g/mol. The minimum absolute atomic E-state index is 0.0562. The summed E-state index contributed by atoms with van der Waals surface area (Å²) < 4.78 is 4.94. The standard InChI is InChI=1S/C8H12N2O2/c1-3-4-7(11)10-8-9-6(2)5-12-8/h5H,3-4H2,1-2H3,(H,9,10,11). The van der Waals surface area contributed by atoms with Crippen LogP contribution in [0.2, 0.25) is 0 Å². The molecule has 0 aliphatic heterocycles. The Hall–Kier alpha value is -1.32. The van der Waals surface area contributed by atoms with Gasteiger partial charge in [0.1, 0.15) is 6.26 Å². The third kappa shape index (κ3) is 2.38. The molecule has 0 saturated carbocycles. The predicted molar refractivity (Wildman–Crippen MR) is 44.8 cm³/mol. The van der Waals surface area contributed by atoms with Gasteiger partial charge in [-0.1, -0.05) is 6.92 Å². The molecule has 1 N–H and O–H groups in total. The van der Waals surface area contributed by atoms with Crippen molar-refractivity contribution in [2.45, 2.75) is 26.7 Å². The van der Waals surface area contributed by atoms with E-state index in [-0.39, 0.29) is 11.9 Å². The summed E-state index contributed by atoms with van der Waals surface area (Å²) in [4.78, 5) is 14.9. The average molecular weight is 168 g/mol. The summed E-state index contributed by atoms with van der Waals surface area (Å²) in [7, 11) is 0. The predicted octanol–water partition coefficient (Wildman–Crippen LogP) is 1.72. The number of carbonyl (C=O) groups excluding carboxylic acids is 1. The maximum atomic E-state index is 11.0. The largest absolute Gasteiger partial charge is 0.432 e. The highest BCUT2D eigenvalue weighted by Gasteiger charge is 2.04. The lowest BCUT2D eigenvalue weighted by Crippen LogP contribution is -2.10. The Morgan fingerprint density at radius 1 is 1.75 bits per heavy atom. The molecule has 1 amide bonds. The topological polar surface area (TPSA) is 55.1 Å². The number of hydrogen-bond acceptors (Lipinski definition) is 3. The van der Waals surface area contributed by atoms with Crippen LogP contribution in [-0.2, 0) is 4.79 Å². The van der Waals surface area contributed by atoms with Gasteiger partial charge in [0.05, 0.1) is 5.69 Å². The molecule has 1 aromatic heterocycles. The summed E-state index contributed by atoms with van der Waals surface area (Å²) in [5.41, 5.74) is 0.766. The third-order valence-corrected chi connectivity index (χ3v) is 1.34. The lowest BCUT2D eigenvalue weighted by Gasteiger charge is -1.96. The number of rotatable bonds is 3. The quantitative estimate of drug-likeness (QED) is 0.747. The smallest absolute Gasteiger partial charge is 0.301 e. The molecule has 4 nitrogen and oxygen atoms in total. The molecule has 1 rings (SSSR count). The van der Waals surface area contributed by atoms with Gasteiger partial charge in [0, 0.05) is 6.42 Å². The first kappa shape index (κ1) is 8.77. The number of nitrogens with one attached hydrogen (secondary N) is 1. The first-order valence-electron chi connectivity index (χ1n) is 3.94. The zero-order valence-corrected chi connectivity index (χ0v) is 7.26. The van der Waals surface area contributed by atoms with Gasteiger partial charge >= 0.3 is 6.01 Å². The van der Waals surface area contributed by atoms with E-state index in [1.807, 2.05) is 6.92 Å². The fraction of sp³-hybridized carbons (Fsp3) is 0.500. The van der Waals surface area contributed by atoms with E-state index in [0.29, 0.717) is 6.42 Å². The number of aromatic nitrogens is 1. The lowest BCUT2D eigenvalue weighted by atomic mass is 10.3. The van der Waals surface area contributed by atoms with Crippen LogP contribution >= 0.6 is 0 Å². The molecular weight excluding hydrogens is 156 g/mol. The van der Waals surface area contributed by atoms with E-state index in [1.54, 1.807) is 6.92 Å². The van der Waals surface area contributed by atoms with Gasteiger partial charge < -0.3 is 4.42 Å². The van der Waals surface area contributed by atoms with Crippen LogP contribution in [0.15, 0.2) is 10.7 Å². The van der Waals surface area contributed by atoms with Gasteiger partial charge in [0.2, 0.25) is 5.91 Å². The highest BCUT2D eigenvalue weighted by molar-refractivity contribution is 5.88. The maximum Gasteiger partial charge on any atom is 0.301 e. The maximum absolute atomic E-state index is 11.0. The number of amides is 1. The Bertz CT molecular complexity index is 268. The van der Waals surface area contributed by atoms with Crippen molar-refractivity contribution in [3.05, 3.63) is 12.0 Å². The molecule has 1 heterocycles. The number of oxazole rings is 1. The van der Waals surface area contributed by atoms with Gasteiger partial charge in [-0.25, -0.2) is 0 Å². The molecule has 0 fully saturated rings. The van der Waals surface area contributed by atoms with Crippen LogP contribution in [0.4, 0.5) is 6.01 Å². The molecule has 0 aliphatic rings. The number of nitrogens with zero attached hydrogens (tertiary/aromatic N) is 1. The minimum Gasteiger partial charge on any atom is -0.432 e. The number of carbonyl (C=O) groups is 1. The van der Waals surface area contributed by atoms with E-state index in [0.717, 1.165) is 12.1 Å². The van der Waals surface area contributed by atoms with Crippen LogP contribution in [0.3, 0.4) is 0 Å². The zero-order valence-electron chi connectivity index (χ0n) is 7.26. The fourth-order valence-electron chi connectivity index (χ4n) is 0.820. The van der Waals surface area contributed by atoms with Crippen LogP contribution in [0.1, 0.15) is 25.5 Å². The summed E-state index contributed by atoms with van der Waals surface area (Å²) in [6.07, 6.45) is 2.83. The van der Waals surface area contributed by atoms with Crippen molar-refractivity contribution in [3.63, 3.8) is 0 Å². The third-order valence-electron chi connectivity index (χ3n) is 1.34. The van der Waals surface area contributed by atoms with Crippen molar-refractivity contribution in [3.8, 4) is 0 Å². The Kier molecular flexibility index (Phi) is 2.85. The molecule has 66 valence electrons. The van der Waals surface area contributed by atoms with Crippen LogP contribution in [0, 0.1) is 6.92 Å². The van der Waals surface area contributed by atoms with Crippen molar-refractivity contribution in [1.82, 2.24) is 4.98 Å². The van der Waals surface area contributed by atoms with Crippen LogP contribution in [0.25, 0.3) is 0 Å². The first-order valence-corrected chi connectivity index (χ1v) is 3.94. The van der Waals surface area contributed by atoms with E-state index in [9.17, 15) is 4.79 Å². The van der Waals surface area contributed by atoms with Crippen LogP contribution < -0.4 is 5.32 Å². The molecule has 0 aliphatic carbocycles. The van der Waals surface area contributed by atoms with Crippen LogP contribution in [-0.4, -0.2) is 10.9 Å². The molecule has 0 unspecified atom stereocenters. The number of hydrogen-bond donors (Lipinski definition) is 1. The molecule has 0 atom stereocenters. The second kappa shape index (κ2) is 3.90. The van der Waals surface area contributed by atoms with Crippen molar-refractivity contribution in [1.29, 1.82) is 0 Å². The highest BCUT2D eigenvalue weighted by atomic mass is 16.4. The van der Waals surface area contributed by atoms with Crippen molar-refractivity contribution in [2.24, 2.45) is 0 Å². The first-order chi connectivity index (χ1) is 5.72. The summed E-state index contributed by atoms with van der Waals surface area (Å²) in [5.74, 6) is -0.0562. The lowest BCUT2D eigenvalue weighted by molar-refractivity contribution is -0.116. The molecule has 0 saturated heterocycles.